The number of amides is 1. The molecule has 4 nitrogen and oxygen atoms in total. The fraction of sp³-hybridized carbons (Fsp3) is 0.385. The minimum atomic E-state index is -0.659. The minimum Gasteiger partial charge on any atom is -0.376 e. The molecule has 0 N–H and O–H groups in total. The van der Waals surface area contributed by atoms with E-state index in [1.165, 1.54) is 11.0 Å². The second-order valence-electron chi connectivity index (χ2n) is 4.66. The van der Waals surface area contributed by atoms with Gasteiger partial charge in [-0.05, 0) is 40.9 Å². The molecule has 2 aliphatic rings. The van der Waals surface area contributed by atoms with Crippen LogP contribution in [0, 0.1) is 5.82 Å². The van der Waals surface area contributed by atoms with Gasteiger partial charge in [0.25, 0.3) is 11.7 Å². The van der Waals surface area contributed by atoms with E-state index in [9.17, 15) is 14.0 Å². The number of ketones is 1. The van der Waals surface area contributed by atoms with Crippen LogP contribution in [0.2, 0.25) is 0 Å². The molecule has 1 saturated heterocycles. The molecule has 1 amide bonds. The summed E-state index contributed by atoms with van der Waals surface area (Å²) in [5.41, 5.74) is 0.571. The van der Waals surface area contributed by atoms with Gasteiger partial charge in [0, 0.05) is 11.1 Å². The summed E-state index contributed by atoms with van der Waals surface area (Å²) in [5, 5.41) is 0. The lowest BCUT2D eigenvalue weighted by Crippen LogP contribution is -2.36. The number of hydrogen-bond acceptors (Lipinski definition) is 3. The van der Waals surface area contributed by atoms with E-state index in [0.717, 1.165) is 18.9 Å². The van der Waals surface area contributed by atoms with Crippen LogP contribution >= 0.6 is 15.9 Å². The van der Waals surface area contributed by atoms with E-state index in [2.05, 4.69) is 15.9 Å². The van der Waals surface area contributed by atoms with Gasteiger partial charge in [0.1, 0.15) is 5.82 Å². The summed E-state index contributed by atoms with van der Waals surface area (Å²) in [6.07, 6.45) is 1.77. The van der Waals surface area contributed by atoms with Crippen molar-refractivity contribution in [1.82, 2.24) is 0 Å². The van der Waals surface area contributed by atoms with Crippen LogP contribution in [0.3, 0.4) is 0 Å². The zero-order valence-electron chi connectivity index (χ0n) is 9.99. The van der Waals surface area contributed by atoms with Crippen molar-refractivity contribution in [2.45, 2.75) is 18.9 Å². The van der Waals surface area contributed by atoms with Gasteiger partial charge >= 0.3 is 0 Å². The summed E-state index contributed by atoms with van der Waals surface area (Å²) in [7, 11) is 0. The van der Waals surface area contributed by atoms with Crippen LogP contribution < -0.4 is 4.90 Å². The molecule has 1 atom stereocenters. The quantitative estimate of drug-likeness (QED) is 0.783. The molecule has 19 heavy (non-hydrogen) atoms. The Hall–Kier alpha value is -1.27. The summed E-state index contributed by atoms with van der Waals surface area (Å²) >= 11 is 3.22. The van der Waals surface area contributed by atoms with E-state index in [1.807, 2.05) is 0 Å². The van der Waals surface area contributed by atoms with Crippen molar-refractivity contribution in [1.29, 1.82) is 0 Å². The highest BCUT2D eigenvalue weighted by molar-refractivity contribution is 9.10. The normalized spacial score (nSPS) is 22.2. The van der Waals surface area contributed by atoms with Gasteiger partial charge in [-0.3, -0.25) is 9.59 Å². The summed E-state index contributed by atoms with van der Waals surface area (Å²) in [6.45, 7) is 1.01. The van der Waals surface area contributed by atoms with Crippen molar-refractivity contribution in [3.05, 3.63) is 28.0 Å². The van der Waals surface area contributed by atoms with E-state index < -0.39 is 17.5 Å². The third-order valence-corrected chi connectivity index (χ3v) is 4.00. The smallest absolute Gasteiger partial charge is 0.299 e. The van der Waals surface area contributed by atoms with Gasteiger partial charge in [-0.2, -0.15) is 0 Å². The maximum absolute atomic E-state index is 13.3. The van der Waals surface area contributed by atoms with Gasteiger partial charge in [0.2, 0.25) is 0 Å². The number of fused-ring (bicyclic) bond motifs is 1. The largest absolute Gasteiger partial charge is 0.376 e. The second-order valence-corrected chi connectivity index (χ2v) is 5.52. The predicted molar refractivity (Wildman–Crippen MR) is 69.8 cm³/mol. The van der Waals surface area contributed by atoms with Crippen LogP contribution in [-0.4, -0.2) is 30.9 Å². The second kappa shape index (κ2) is 4.68. The SMILES string of the molecule is O=C1C(=O)N(CC2CCCO2)c2c(Br)cc(F)cc21. The number of carbonyl (C=O) groups excluding carboxylic acids is 2. The van der Waals surface area contributed by atoms with Crippen LogP contribution in [0.4, 0.5) is 10.1 Å². The topological polar surface area (TPSA) is 46.6 Å². The molecule has 0 aliphatic carbocycles. The first kappa shape index (κ1) is 12.7. The number of halogens is 2. The van der Waals surface area contributed by atoms with E-state index in [-0.39, 0.29) is 11.7 Å². The fourth-order valence-electron chi connectivity index (χ4n) is 2.52. The zero-order valence-corrected chi connectivity index (χ0v) is 11.6. The molecule has 2 heterocycles. The molecule has 0 spiro atoms. The van der Waals surface area contributed by atoms with E-state index in [1.54, 1.807) is 0 Å². The van der Waals surface area contributed by atoms with Gasteiger partial charge in [-0.25, -0.2) is 4.39 Å². The molecule has 100 valence electrons. The number of anilines is 1. The van der Waals surface area contributed by atoms with E-state index >= 15 is 0 Å². The first-order chi connectivity index (χ1) is 9.08. The van der Waals surface area contributed by atoms with Crippen LogP contribution in [0.25, 0.3) is 0 Å². The number of nitrogens with zero attached hydrogens (tertiary/aromatic N) is 1. The van der Waals surface area contributed by atoms with E-state index in [0.29, 0.717) is 23.3 Å². The molecule has 0 bridgehead atoms. The molecule has 1 unspecified atom stereocenters. The highest BCUT2D eigenvalue weighted by Crippen LogP contribution is 2.37. The molecule has 6 heteroatoms. The Morgan fingerprint density at radius 3 is 2.89 bits per heavy atom. The lowest BCUT2D eigenvalue weighted by molar-refractivity contribution is -0.114. The molecule has 2 aliphatic heterocycles. The Bertz CT molecular complexity index is 569. The minimum absolute atomic E-state index is 0.0559. The zero-order chi connectivity index (χ0) is 13.6. The highest BCUT2D eigenvalue weighted by Gasteiger charge is 2.39. The Morgan fingerprint density at radius 1 is 1.42 bits per heavy atom. The summed E-state index contributed by atoms with van der Waals surface area (Å²) in [4.78, 5) is 25.2. The molecule has 1 aromatic carbocycles. The lowest BCUT2D eigenvalue weighted by atomic mass is 10.1. The Kier molecular flexibility index (Phi) is 3.14. The van der Waals surface area contributed by atoms with Crippen LogP contribution in [0.15, 0.2) is 16.6 Å². The molecule has 1 fully saturated rings. The maximum atomic E-state index is 13.3. The number of hydrogen-bond donors (Lipinski definition) is 0. The Labute approximate surface area is 117 Å². The Balaban J connectivity index is 1.99. The fourth-order valence-corrected chi connectivity index (χ4v) is 3.17. The average molecular weight is 328 g/mol. The van der Waals surface area contributed by atoms with Gasteiger partial charge < -0.3 is 9.64 Å². The monoisotopic (exact) mass is 327 g/mol. The van der Waals surface area contributed by atoms with Crippen molar-refractivity contribution < 1.29 is 18.7 Å². The van der Waals surface area contributed by atoms with Gasteiger partial charge in [-0.15, -0.1) is 0 Å². The molecule has 0 radical (unpaired) electrons. The number of Topliss-reactive ketones (excluding diaryl/α,β-unsaturated/α-hetero) is 1. The number of benzene rings is 1. The highest BCUT2D eigenvalue weighted by atomic mass is 79.9. The summed E-state index contributed by atoms with van der Waals surface area (Å²) in [5.74, 6) is -1.81. The van der Waals surface area contributed by atoms with Crippen LogP contribution in [0.1, 0.15) is 23.2 Å². The molecule has 1 aromatic rings. The Morgan fingerprint density at radius 2 is 2.21 bits per heavy atom. The van der Waals surface area contributed by atoms with E-state index in [4.69, 9.17) is 4.74 Å². The average Bonchev–Trinajstić information content (AvgIpc) is 2.93. The number of ether oxygens (including phenoxy) is 1. The third kappa shape index (κ3) is 2.08. The molecule has 0 saturated carbocycles. The third-order valence-electron chi connectivity index (χ3n) is 3.39. The summed E-state index contributed by atoms with van der Waals surface area (Å²) in [6, 6.07) is 2.36. The molecule has 0 aromatic heterocycles. The first-order valence-electron chi connectivity index (χ1n) is 6.05. The maximum Gasteiger partial charge on any atom is 0.299 e. The first-order valence-corrected chi connectivity index (χ1v) is 6.84. The van der Waals surface area contributed by atoms with Gasteiger partial charge in [-0.1, -0.05) is 0 Å². The van der Waals surface area contributed by atoms with Crippen molar-refractivity contribution in [3.8, 4) is 0 Å². The number of rotatable bonds is 2. The standard InChI is InChI=1S/C13H11BrFNO3/c14-10-5-7(15)4-9-11(10)16(13(18)12(9)17)6-8-2-1-3-19-8/h4-5,8H,1-3,6H2. The lowest BCUT2D eigenvalue weighted by Gasteiger charge is -2.21. The molecular formula is C13H11BrFNO3. The predicted octanol–water partition coefficient (Wildman–Crippen LogP) is 2.30. The molecule has 3 rings (SSSR count). The van der Waals surface area contributed by atoms with Crippen molar-refractivity contribution in [2.24, 2.45) is 0 Å². The summed E-state index contributed by atoms with van der Waals surface area (Å²) < 4.78 is 19.2. The van der Waals surface area contributed by atoms with Crippen molar-refractivity contribution in [2.75, 3.05) is 18.1 Å². The van der Waals surface area contributed by atoms with Crippen molar-refractivity contribution in [3.63, 3.8) is 0 Å². The number of carbonyl (C=O) groups is 2. The van der Waals surface area contributed by atoms with Gasteiger partial charge in [0.15, 0.2) is 0 Å². The van der Waals surface area contributed by atoms with Crippen LogP contribution in [-0.2, 0) is 9.53 Å². The van der Waals surface area contributed by atoms with Crippen molar-refractivity contribution >= 4 is 33.3 Å². The molecular weight excluding hydrogens is 317 g/mol. The van der Waals surface area contributed by atoms with Crippen LogP contribution in [0.5, 0.6) is 0 Å². The van der Waals surface area contributed by atoms with Gasteiger partial charge in [0.05, 0.1) is 23.9 Å².